The molecule has 0 saturated carbocycles. The molecule has 3 nitrogen and oxygen atoms in total. The lowest BCUT2D eigenvalue weighted by Crippen LogP contribution is -2.35. The highest BCUT2D eigenvalue weighted by Gasteiger charge is 2.02. The zero-order valence-corrected chi connectivity index (χ0v) is 7.74. The van der Waals surface area contributed by atoms with Crippen LogP contribution in [0, 0.1) is 13.8 Å². The second kappa shape index (κ2) is 7.53. The van der Waals surface area contributed by atoms with Crippen molar-refractivity contribution in [2.24, 2.45) is 0 Å². The molecule has 0 unspecified atom stereocenters. The number of nitrogens with zero attached hydrogens (tertiary/aromatic N) is 2. The first-order chi connectivity index (χ1) is 5.78. The van der Waals surface area contributed by atoms with Crippen molar-refractivity contribution in [2.75, 3.05) is 39.5 Å². The molecule has 0 fully saturated rings. The van der Waals surface area contributed by atoms with Crippen LogP contribution in [0.15, 0.2) is 0 Å². The highest BCUT2D eigenvalue weighted by Crippen LogP contribution is 1.89. The molecule has 0 aliphatic heterocycles. The summed E-state index contributed by atoms with van der Waals surface area (Å²) in [4.78, 5) is 3.83. The highest BCUT2D eigenvalue weighted by molar-refractivity contribution is 4.61. The SMILES string of the molecule is [CH]CN(CC)CCN(C[CH])CO. The summed E-state index contributed by atoms with van der Waals surface area (Å²) in [6, 6.07) is 0. The third-order valence-electron chi connectivity index (χ3n) is 1.90. The predicted octanol–water partition coefficient (Wildman–Crippen LogP) is -0.0177. The third-order valence-corrected chi connectivity index (χ3v) is 1.90. The smallest absolute Gasteiger partial charge is 0.0957 e. The Morgan fingerprint density at radius 2 is 1.58 bits per heavy atom. The van der Waals surface area contributed by atoms with E-state index >= 15 is 0 Å². The van der Waals surface area contributed by atoms with E-state index in [0.29, 0.717) is 13.1 Å². The van der Waals surface area contributed by atoms with Crippen molar-refractivity contribution in [3.8, 4) is 0 Å². The Morgan fingerprint density at radius 1 is 1.08 bits per heavy atom. The first-order valence-electron chi connectivity index (χ1n) is 4.24. The van der Waals surface area contributed by atoms with Gasteiger partial charge in [0.1, 0.15) is 0 Å². The summed E-state index contributed by atoms with van der Waals surface area (Å²) in [7, 11) is 0. The first kappa shape index (κ1) is 11.9. The highest BCUT2D eigenvalue weighted by atomic mass is 16.3. The van der Waals surface area contributed by atoms with Gasteiger partial charge in [-0.3, -0.25) is 4.90 Å². The maximum Gasteiger partial charge on any atom is 0.0957 e. The van der Waals surface area contributed by atoms with Crippen LogP contribution >= 0.6 is 0 Å². The van der Waals surface area contributed by atoms with Gasteiger partial charge in [-0.15, -0.1) is 0 Å². The molecule has 0 rings (SSSR count). The fourth-order valence-electron chi connectivity index (χ4n) is 0.881. The lowest BCUT2D eigenvalue weighted by atomic mass is 10.4. The molecule has 0 spiro atoms. The molecule has 0 aromatic carbocycles. The molecular formula is C9H18N2O. The zero-order valence-electron chi connectivity index (χ0n) is 7.74. The lowest BCUT2D eigenvalue weighted by molar-refractivity contribution is 0.106. The Morgan fingerprint density at radius 3 is 1.92 bits per heavy atom. The van der Waals surface area contributed by atoms with Crippen LogP contribution in [0.25, 0.3) is 0 Å². The van der Waals surface area contributed by atoms with Gasteiger partial charge in [0.2, 0.25) is 0 Å². The number of hydrogen-bond donors (Lipinski definition) is 1. The Labute approximate surface area is 76.0 Å². The lowest BCUT2D eigenvalue weighted by Gasteiger charge is -2.23. The normalized spacial score (nSPS) is 11.5. The van der Waals surface area contributed by atoms with Crippen molar-refractivity contribution >= 4 is 0 Å². The Kier molecular flexibility index (Phi) is 7.45. The van der Waals surface area contributed by atoms with E-state index in [0.717, 1.165) is 19.6 Å². The molecule has 4 radical (unpaired) electrons. The second-order valence-electron chi connectivity index (χ2n) is 2.61. The van der Waals surface area contributed by atoms with Gasteiger partial charge >= 0.3 is 0 Å². The molecule has 0 aromatic rings. The average Bonchev–Trinajstić information content (AvgIpc) is 2.13. The number of aliphatic hydroxyl groups excluding tert-OH is 1. The van der Waals surface area contributed by atoms with Crippen molar-refractivity contribution < 1.29 is 5.11 Å². The fourth-order valence-corrected chi connectivity index (χ4v) is 0.881. The van der Waals surface area contributed by atoms with Gasteiger partial charge in [0.25, 0.3) is 0 Å². The van der Waals surface area contributed by atoms with Crippen molar-refractivity contribution in [1.82, 2.24) is 9.80 Å². The van der Waals surface area contributed by atoms with Crippen LogP contribution in [0.5, 0.6) is 0 Å². The van der Waals surface area contributed by atoms with Crippen LogP contribution in [-0.2, 0) is 0 Å². The van der Waals surface area contributed by atoms with E-state index < -0.39 is 0 Å². The molecule has 0 amide bonds. The summed E-state index contributed by atoms with van der Waals surface area (Å²) in [6.07, 6.45) is 0. The van der Waals surface area contributed by atoms with E-state index in [-0.39, 0.29) is 6.73 Å². The standard InChI is InChI=1S/C9H18N2O/c1-4-10(5-2)7-8-11(6-3)9-12/h1,3,12H,4-9H2,2H3. The van der Waals surface area contributed by atoms with Gasteiger partial charge in [-0.2, -0.15) is 0 Å². The minimum Gasteiger partial charge on any atom is -0.381 e. The van der Waals surface area contributed by atoms with E-state index in [2.05, 4.69) is 11.8 Å². The van der Waals surface area contributed by atoms with Crippen molar-refractivity contribution in [1.29, 1.82) is 0 Å². The quantitative estimate of drug-likeness (QED) is 0.544. The Bertz CT molecular complexity index is 78.5. The number of aliphatic hydroxyl groups is 1. The van der Waals surface area contributed by atoms with Crippen LogP contribution in [0.2, 0.25) is 0 Å². The van der Waals surface area contributed by atoms with E-state index in [1.165, 1.54) is 0 Å². The van der Waals surface area contributed by atoms with Crippen LogP contribution in [0.4, 0.5) is 0 Å². The van der Waals surface area contributed by atoms with Crippen molar-refractivity contribution in [3.63, 3.8) is 0 Å². The van der Waals surface area contributed by atoms with Crippen LogP contribution in [0.1, 0.15) is 6.92 Å². The van der Waals surface area contributed by atoms with Gasteiger partial charge < -0.3 is 10.0 Å². The summed E-state index contributed by atoms with van der Waals surface area (Å²) in [5, 5.41) is 8.78. The first-order valence-corrected chi connectivity index (χ1v) is 4.24. The molecule has 3 heteroatoms. The second-order valence-corrected chi connectivity index (χ2v) is 2.61. The van der Waals surface area contributed by atoms with E-state index in [4.69, 9.17) is 19.0 Å². The molecule has 0 atom stereocenters. The van der Waals surface area contributed by atoms with Gasteiger partial charge in [-0.05, 0) is 20.4 Å². The van der Waals surface area contributed by atoms with Crippen molar-refractivity contribution in [3.05, 3.63) is 13.8 Å². The van der Waals surface area contributed by atoms with Crippen LogP contribution in [-0.4, -0.2) is 54.4 Å². The summed E-state index contributed by atoms with van der Waals surface area (Å²) in [5.41, 5.74) is 0. The van der Waals surface area contributed by atoms with Gasteiger partial charge in [0.05, 0.1) is 6.73 Å². The Hall–Kier alpha value is -0.120. The van der Waals surface area contributed by atoms with Gasteiger partial charge in [0.15, 0.2) is 0 Å². The maximum atomic E-state index is 8.78. The number of hydrogen-bond acceptors (Lipinski definition) is 3. The summed E-state index contributed by atoms with van der Waals surface area (Å²) < 4.78 is 0. The molecule has 0 saturated heterocycles. The number of rotatable bonds is 7. The third kappa shape index (κ3) is 4.70. The van der Waals surface area contributed by atoms with Crippen molar-refractivity contribution in [2.45, 2.75) is 6.92 Å². The topological polar surface area (TPSA) is 26.7 Å². The number of likely N-dealkylation sites (N-methyl/N-ethyl adjacent to an activating group) is 1. The minimum absolute atomic E-state index is 0.0125. The van der Waals surface area contributed by atoms with E-state index in [1.807, 2.05) is 0 Å². The summed E-state index contributed by atoms with van der Waals surface area (Å²) >= 11 is 0. The van der Waals surface area contributed by atoms with Gasteiger partial charge in [-0.25, -0.2) is 0 Å². The Balaban J connectivity index is 3.49. The van der Waals surface area contributed by atoms with E-state index in [9.17, 15) is 0 Å². The molecule has 70 valence electrons. The largest absolute Gasteiger partial charge is 0.381 e. The maximum absolute atomic E-state index is 8.78. The minimum atomic E-state index is 0.0125. The zero-order chi connectivity index (χ0) is 9.40. The summed E-state index contributed by atoms with van der Waals surface area (Å²) in [5.74, 6) is 0. The molecule has 12 heavy (non-hydrogen) atoms. The van der Waals surface area contributed by atoms with E-state index in [1.54, 1.807) is 4.90 Å². The average molecular weight is 170 g/mol. The monoisotopic (exact) mass is 170 g/mol. The fraction of sp³-hybridized carbons (Fsp3) is 0.778. The molecule has 0 aliphatic rings. The molecule has 0 aromatic heterocycles. The van der Waals surface area contributed by atoms with Crippen LogP contribution in [0.3, 0.4) is 0 Å². The molecule has 1 N–H and O–H groups in total. The van der Waals surface area contributed by atoms with Gasteiger partial charge in [0, 0.05) is 26.2 Å². The molecule has 0 aliphatic carbocycles. The summed E-state index contributed by atoms with van der Waals surface area (Å²) in [6.45, 7) is 16.4. The van der Waals surface area contributed by atoms with Gasteiger partial charge in [-0.1, -0.05) is 6.92 Å². The molecular weight excluding hydrogens is 152 g/mol. The predicted molar refractivity (Wildman–Crippen MR) is 49.4 cm³/mol. The molecule has 0 heterocycles. The molecule has 0 bridgehead atoms. The van der Waals surface area contributed by atoms with Crippen LogP contribution < -0.4 is 0 Å².